The van der Waals surface area contributed by atoms with Crippen molar-refractivity contribution in [2.24, 2.45) is 0 Å². The van der Waals surface area contributed by atoms with Crippen molar-refractivity contribution >= 4 is 5.69 Å². The maximum atomic E-state index is 12.8. The van der Waals surface area contributed by atoms with Crippen molar-refractivity contribution < 1.29 is 4.39 Å². The first-order valence-electron chi connectivity index (χ1n) is 4.24. The first-order valence-corrected chi connectivity index (χ1v) is 4.24. The van der Waals surface area contributed by atoms with Gasteiger partial charge in [0.1, 0.15) is 5.82 Å². The summed E-state index contributed by atoms with van der Waals surface area (Å²) >= 11 is 0. The number of benzene rings is 1. The molecule has 1 aliphatic heterocycles. The number of anilines is 1. The van der Waals surface area contributed by atoms with Crippen molar-refractivity contribution in [1.29, 1.82) is 0 Å². The van der Waals surface area contributed by atoms with Gasteiger partial charge in [-0.25, -0.2) is 4.39 Å². The van der Waals surface area contributed by atoms with E-state index < -0.39 is 0 Å². The fourth-order valence-electron chi connectivity index (χ4n) is 1.68. The third kappa shape index (κ3) is 0.986. The Kier molecular flexibility index (Phi) is 1.56. The molecule has 0 bridgehead atoms. The van der Waals surface area contributed by atoms with Crippen LogP contribution in [0, 0.1) is 5.82 Å². The van der Waals surface area contributed by atoms with Gasteiger partial charge in [0.15, 0.2) is 0 Å². The smallest absolute Gasteiger partial charge is 0.123 e. The number of hydrogen-bond acceptors (Lipinski definition) is 1. The molecule has 1 nitrogen and oxygen atoms in total. The molecule has 0 spiro atoms. The number of nitrogens with one attached hydrogen (secondary N) is 1. The molecule has 2 heteroatoms. The lowest BCUT2D eigenvalue weighted by Gasteiger charge is -2.08. The van der Waals surface area contributed by atoms with Crippen molar-refractivity contribution in [2.75, 3.05) is 5.32 Å². The highest BCUT2D eigenvalue weighted by molar-refractivity contribution is 5.58. The van der Waals surface area contributed by atoms with E-state index in [4.69, 9.17) is 0 Å². The molecule has 0 saturated carbocycles. The van der Waals surface area contributed by atoms with Crippen LogP contribution >= 0.6 is 0 Å². The van der Waals surface area contributed by atoms with Gasteiger partial charge in [0.05, 0.1) is 0 Å². The lowest BCUT2D eigenvalue weighted by molar-refractivity contribution is 0.621. The van der Waals surface area contributed by atoms with Crippen molar-refractivity contribution in [3.63, 3.8) is 0 Å². The fourth-order valence-corrected chi connectivity index (χ4v) is 1.68. The molecule has 12 heavy (non-hydrogen) atoms. The molecule has 1 aliphatic rings. The Balaban J connectivity index is 2.48. The van der Waals surface area contributed by atoms with Gasteiger partial charge in [0, 0.05) is 17.6 Å². The van der Waals surface area contributed by atoms with Crippen LogP contribution in [0.2, 0.25) is 0 Å². The molecular formula is C10H12FN. The first kappa shape index (κ1) is 7.59. The maximum absolute atomic E-state index is 12.8. The molecule has 1 N–H and O–H groups in total. The molecule has 1 aromatic carbocycles. The molecule has 2 atom stereocenters. The zero-order chi connectivity index (χ0) is 8.72. The molecule has 0 unspecified atom stereocenters. The SMILES string of the molecule is C[C@@H]1Nc2ccc(F)cc2[C@H]1C. The molecule has 0 radical (unpaired) electrons. The van der Waals surface area contributed by atoms with Gasteiger partial charge in [-0.05, 0) is 30.7 Å². The minimum Gasteiger partial charge on any atom is -0.382 e. The summed E-state index contributed by atoms with van der Waals surface area (Å²) in [7, 11) is 0. The van der Waals surface area contributed by atoms with Crippen LogP contribution in [0.4, 0.5) is 10.1 Å². The third-order valence-electron chi connectivity index (χ3n) is 2.64. The van der Waals surface area contributed by atoms with Crippen LogP contribution < -0.4 is 5.32 Å². The van der Waals surface area contributed by atoms with Gasteiger partial charge in [-0.15, -0.1) is 0 Å². The Bertz CT molecular complexity index is 309. The van der Waals surface area contributed by atoms with Gasteiger partial charge in [0.25, 0.3) is 0 Å². The van der Waals surface area contributed by atoms with E-state index in [9.17, 15) is 4.39 Å². The van der Waals surface area contributed by atoms with Gasteiger partial charge in [-0.2, -0.15) is 0 Å². The summed E-state index contributed by atoms with van der Waals surface area (Å²) in [4.78, 5) is 0. The lowest BCUT2D eigenvalue weighted by Crippen LogP contribution is -2.12. The highest BCUT2D eigenvalue weighted by Crippen LogP contribution is 2.35. The Hall–Kier alpha value is -1.05. The Morgan fingerprint density at radius 2 is 2.08 bits per heavy atom. The first-order chi connectivity index (χ1) is 5.68. The van der Waals surface area contributed by atoms with E-state index in [0.29, 0.717) is 12.0 Å². The van der Waals surface area contributed by atoms with E-state index in [1.165, 1.54) is 6.07 Å². The van der Waals surface area contributed by atoms with Crippen LogP contribution in [0.3, 0.4) is 0 Å². The zero-order valence-corrected chi connectivity index (χ0v) is 7.26. The van der Waals surface area contributed by atoms with Gasteiger partial charge in [-0.3, -0.25) is 0 Å². The van der Waals surface area contributed by atoms with Gasteiger partial charge >= 0.3 is 0 Å². The van der Waals surface area contributed by atoms with Crippen LogP contribution in [-0.2, 0) is 0 Å². The highest BCUT2D eigenvalue weighted by Gasteiger charge is 2.24. The molecule has 0 aromatic heterocycles. The number of fused-ring (bicyclic) bond motifs is 1. The summed E-state index contributed by atoms with van der Waals surface area (Å²) in [5.41, 5.74) is 2.18. The predicted molar refractivity (Wildman–Crippen MR) is 47.9 cm³/mol. The summed E-state index contributed by atoms with van der Waals surface area (Å²) in [5, 5.41) is 3.31. The van der Waals surface area contributed by atoms with E-state index >= 15 is 0 Å². The van der Waals surface area contributed by atoms with Crippen LogP contribution in [0.15, 0.2) is 18.2 Å². The molecule has 0 amide bonds. The van der Waals surface area contributed by atoms with Crippen LogP contribution in [0.25, 0.3) is 0 Å². The molecular weight excluding hydrogens is 153 g/mol. The molecule has 2 rings (SSSR count). The van der Waals surface area contributed by atoms with E-state index in [-0.39, 0.29) is 5.82 Å². The van der Waals surface area contributed by atoms with Gasteiger partial charge < -0.3 is 5.32 Å². The zero-order valence-electron chi connectivity index (χ0n) is 7.26. The van der Waals surface area contributed by atoms with Crippen LogP contribution in [0.5, 0.6) is 0 Å². The third-order valence-corrected chi connectivity index (χ3v) is 2.64. The van der Waals surface area contributed by atoms with E-state index in [2.05, 4.69) is 19.2 Å². The highest BCUT2D eigenvalue weighted by atomic mass is 19.1. The second-order valence-corrected chi connectivity index (χ2v) is 3.45. The Morgan fingerprint density at radius 1 is 1.33 bits per heavy atom. The van der Waals surface area contributed by atoms with E-state index in [1.807, 2.05) is 6.07 Å². The molecule has 1 aromatic rings. The standard InChI is InChI=1S/C10H12FN/c1-6-7(2)12-10-4-3-8(11)5-9(6)10/h3-7,12H,1-2H3/t6-,7-/m0/s1. The van der Waals surface area contributed by atoms with Crippen molar-refractivity contribution in [3.05, 3.63) is 29.6 Å². The van der Waals surface area contributed by atoms with Crippen molar-refractivity contribution in [1.82, 2.24) is 0 Å². The minimum absolute atomic E-state index is 0.142. The van der Waals surface area contributed by atoms with Crippen molar-refractivity contribution in [3.8, 4) is 0 Å². The molecule has 0 saturated heterocycles. The summed E-state index contributed by atoms with van der Waals surface area (Å²) < 4.78 is 12.8. The largest absolute Gasteiger partial charge is 0.382 e. The fraction of sp³-hybridized carbons (Fsp3) is 0.400. The van der Waals surface area contributed by atoms with E-state index in [0.717, 1.165) is 11.3 Å². The number of halogens is 1. The van der Waals surface area contributed by atoms with Crippen molar-refractivity contribution in [2.45, 2.75) is 25.8 Å². The minimum atomic E-state index is -0.142. The average Bonchev–Trinajstić information content (AvgIpc) is 2.31. The molecule has 64 valence electrons. The maximum Gasteiger partial charge on any atom is 0.123 e. The van der Waals surface area contributed by atoms with Gasteiger partial charge in [0.2, 0.25) is 0 Å². The second-order valence-electron chi connectivity index (χ2n) is 3.45. The number of hydrogen-bond donors (Lipinski definition) is 1. The summed E-state index contributed by atoms with van der Waals surface area (Å²) in [5.74, 6) is 0.271. The quantitative estimate of drug-likeness (QED) is 0.623. The summed E-state index contributed by atoms with van der Waals surface area (Å²) in [6.45, 7) is 4.23. The van der Waals surface area contributed by atoms with Gasteiger partial charge in [-0.1, -0.05) is 6.92 Å². The Labute approximate surface area is 71.6 Å². The molecule has 0 fully saturated rings. The number of rotatable bonds is 0. The monoisotopic (exact) mass is 165 g/mol. The van der Waals surface area contributed by atoms with E-state index in [1.54, 1.807) is 6.07 Å². The normalized spacial score (nSPS) is 26.6. The second kappa shape index (κ2) is 2.47. The van der Waals surface area contributed by atoms with Crippen LogP contribution in [-0.4, -0.2) is 6.04 Å². The molecule has 0 aliphatic carbocycles. The molecule has 1 heterocycles. The Morgan fingerprint density at radius 3 is 2.83 bits per heavy atom. The summed E-state index contributed by atoms with van der Waals surface area (Å²) in [6, 6.07) is 5.35. The van der Waals surface area contributed by atoms with Crippen LogP contribution in [0.1, 0.15) is 25.3 Å². The average molecular weight is 165 g/mol. The predicted octanol–water partition coefficient (Wildman–Crippen LogP) is 2.74. The topological polar surface area (TPSA) is 12.0 Å². The summed E-state index contributed by atoms with van der Waals surface area (Å²) in [6.07, 6.45) is 0. The lowest BCUT2D eigenvalue weighted by atomic mass is 9.98.